The zero-order chi connectivity index (χ0) is 31.0. The minimum atomic E-state index is -0.553. The molecular formula is C37H38FN3O3. The first-order valence-corrected chi connectivity index (χ1v) is 15.3. The number of Topliss-reactive ketones (excluding diaryl/α,β-unsaturated/α-hetero) is 1. The van der Waals surface area contributed by atoms with Gasteiger partial charge in [0.05, 0.1) is 35.0 Å². The van der Waals surface area contributed by atoms with Gasteiger partial charge in [-0.2, -0.15) is 5.10 Å². The van der Waals surface area contributed by atoms with Gasteiger partial charge in [-0.05, 0) is 69.2 Å². The Hall–Kier alpha value is -4.23. The first-order valence-electron chi connectivity index (χ1n) is 15.3. The number of aryl methyl sites for hydroxylation is 2. The molecule has 0 saturated heterocycles. The van der Waals surface area contributed by atoms with Crippen molar-refractivity contribution in [3.63, 3.8) is 0 Å². The molecule has 1 aliphatic carbocycles. The predicted molar refractivity (Wildman–Crippen MR) is 169 cm³/mol. The fourth-order valence-electron chi connectivity index (χ4n) is 7.47. The Labute approximate surface area is 257 Å². The number of benzene rings is 3. The van der Waals surface area contributed by atoms with Crippen LogP contribution in [0.2, 0.25) is 0 Å². The molecule has 3 heterocycles. The lowest BCUT2D eigenvalue weighted by molar-refractivity contribution is -0.156. The van der Waals surface area contributed by atoms with Gasteiger partial charge in [-0.15, -0.1) is 0 Å². The van der Waals surface area contributed by atoms with Crippen molar-refractivity contribution in [1.29, 1.82) is 0 Å². The van der Waals surface area contributed by atoms with Gasteiger partial charge >= 0.3 is 0 Å². The van der Waals surface area contributed by atoms with Crippen molar-refractivity contribution in [2.75, 3.05) is 6.61 Å². The number of hydrogen-bond acceptors (Lipinski definition) is 4. The van der Waals surface area contributed by atoms with E-state index in [1.807, 2.05) is 61.0 Å². The Kier molecular flexibility index (Phi) is 6.59. The summed E-state index contributed by atoms with van der Waals surface area (Å²) in [6.45, 7) is 12.7. The highest BCUT2D eigenvalue weighted by molar-refractivity contribution is 5.96. The van der Waals surface area contributed by atoms with Crippen LogP contribution in [0.1, 0.15) is 83.8 Å². The van der Waals surface area contributed by atoms with Gasteiger partial charge in [0, 0.05) is 46.3 Å². The van der Waals surface area contributed by atoms with E-state index in [9.17, 15) is 9.18 Å². The van der Waals surface area contributed by atoms with Gasteiger partial charge < -0.3 is 14.0 Å². The summed E-state index contributed by atoms with van der Waals surface area (Å²) in [5.74, 6) is 0.618. The van der Waals surface area contributed by atoms with Gasteiger partial charge in [0.1, 0.15) is 18.2 Å². The van der Waals surface area contributed by atoms with Gasteiger partial charge in [-0.1, -0.05) is 50.2 Å². The summed E-state index contributed by atoms with van der Waals surface area (Å²) < 4.78 is 32.3. The van der Waals surface area contributed by atoms with E-state index in [1.54, 1.807) is 19.9 Å². The lowest BCUT2D eigenvalue weighted by Gasteiger charge is -2.53. The van der Waals surface area contributed by atoms with Gasteiger partial charge in [0.25, 0.3) is 0 Å². The molecule has 7 rings (SSSR count). The fraction of sp³-hybridized carbons (Fsp3) is 0.351. The minimum absolute atomic E-state index is 0.0381. The van der Waals surface area contributed by atoms with Crippen LogP contribution in [0.25, 0.3) is 16.6 Å². The Morgan fingerprint density at radius 1 is 1.05 bits per heavy atom. The zero-order valence-corrected chi connectivity index (χ0v) is 26.2. The fourth-order valence-corrected chi connectivity index (χ4v) is 7.47. The molecule has 7 heteroatoms. The van der Waals surface area contributed by atoms with Crippen molar-refractivity contribution in [3.8, 4) is 11.4 Å². The number of hydrogen-bond donors (Lipinski definition) is 0. The normalized spacial score (nSPS) is 20.5. The monoisotopic (exact) mass is 591 g/mol. The molecule has 1 spiro atoms. The third-order valence-electron chi connectivity index (χ3n) is 9.55. The van der Waals surface area contributed by atoms with E-state index in [4.69, 9.17) is 14.6 Å². The number of carbonyl (C=O) groups is 1. The largest absolute Gasteiger partial charge is 0.488 e. The average Bonchev–Trinajstić information content (AvgIpc) is 3.48. The van der Waals surface area contributed by atoms with Gasteiger partial charge in [0.2, 0.25) is 0 Å². The zero-order valence-electron chi connectivity index (χ0n) is 26.2. The van der Waals surface area contributed by atoms with Crippen molar-refractivity contribution in [3.05, 3.63) is 112 Å². The Morgan fingerprint density at radius 2 is 1.80 bits per heavy atom. The molecule has 1 aliphatic heterocycles. The summed E-state index contributed by atoms with van der Waals surface area (Å²) in [5.41, 5.74) is 7.42. The van der Waals surface area contributed by atoms with Gasteiger partial charge in [-0.25, -0.2) is 4.39 Å². The maximum absolute atomic E-state index is 14.5. The molecule has 44 heavy (non-hydrogen) atoms. The first kappa shape index (κ1) is 28.5. The Morgan fingerprint density at radius 3 is 2.48 bits per heavy atom. The Balaban J connectivity index is 1.42. The lowest BCUT2D eigenvalue weighted by Crippen LogP contribution is -2.51. The maximum atomic E-state index is 14.5. The van der Waals surface area contributed by atoms with Crippen LogP contribution in [0.4, 0.5) is 4.39 Å². The molecule has 2 aromatic heterocycles. The third kappa shape index (κ3) is 4.32. The number of rotatable bonds is 6. The van der Waals surface area contributed by atoms with E-state index in [1.165, 1.54) is 0 Å². The van der Waals surface area contributed by atoms with Crippen LogP contribution < -0.4 is 4.74 Å². The summed E-state index contributed by atoms with van der Waals surface area (Å²) >= 11 is 0. The topological polar surface area (TPSA) is 58.3 Å². The maximum Gasteiger partial charge on any atom is 0.163 e. The SMILES string of the molecule is CC(=O)c1c(C)nn(C2CC3(C2)OCC(C)(C)c2c3c3c(OCc4ccccc4)cccc3n2-c2ccc(F)c(C)c2)c1C. The summed E-state index contributed by atoms with van der Waals surface area (Å²) in [6, 6.07) is 21.8. The summed E-state index contributed by atoms with van der Waals surface area (Å²) in [7, 11) is 0. The molecule has 0 N–H and O–H groups in total. The van der Waals surface area contributed by atoms with E-state index >= 15 is 0 Å². The van der Waals surface area contributed by atoms with Crippen molar-refractivity contribution in [1.82, 2.24) is 14.3 Å². The highest BCUT2D eigenvalue weighted by Gasteiger charge is 2.56. The lowest BCUT2D eigenvalue weighted by atomic mass is 9.66. The molecule has 0 bridgehead atoms. The molecule has 0 unspecified atom stereocenters. The summed E-state index contributed by atoms with van der Waals surface area (Å²) in [5, 5.41) is 5.84. The molecule has 3 aromatic carbocycles. The molecule has 0 amide bonds. The van der Waals surface area contributed by atoms with Crippen LogP contribution in [0.15, 0.2) is 66.7 Å². The van der Waals surface area contributed by atoms with E-state index in [0.29, 0.717) is 24.3 Å². The van der Waals surface area contributed by atoms with Crippen LogP contribution in [0.5, 0.6) is 5.75 Å². The van der Waals surface area contributed by atoms with Crippen molar-refractivity contribution in [2.45, 2.75) is 78.0 Å². The van der Waals surface area contributed by atoms with Crippen molar-refractivity contribution in [2.24, 2.45) is 0 Å². The molecule has 0 radical (unpaired) electrons. The summed E-state index contributed by atoms with van der Waals surface area (Å²) in [6.07, 6.45) is 1.45. The summed E-state index contributed by atoms with van der Waals surface area (Å²) in [4.78, 5) is 12.4. The number of carbonyl (C=O) groups excluding carboxylic acids is 1. The molecule has 6 nitrogen and oxygen atoms in total. The molecular weight excluding hydrogens is 553 g/mol. The second-order valence-electron chi connectivity index (χ2n) is 13.2. The molecule has 226 valence electrons. The van der Waals surface area contributed by atoms with Crippen LogP contribution in [0.3, 0.4) is 0 Å². The van der Waals surface area contributed by atoms with E-state index < -0.39 is 5.60 Å². The number of ketones is 1. The quantitative estimate of drug-likeness (QED) is 0.187. The van der Waals surface area contributed by atoms with Crippen molar-refractivity contribution < 1.29 is 18.7 Å². The standard InChI is InChI=1S/C37H38FN3O3/c1-22-17-27(15-16-29(22)38)40-30-13-10-14-31(43-20-26-11-8-7-9-12-26)33(30)34-35(40)36(5,6)21-44-37(34)18-28(19-37)41-24(3)32(25(4)42)23(2)39-41/h7-17,28H,18-21H2,1-6H3. The highest BCUT2D eigenvalue weighted by Crippen LogP contribution is 2.60. The van der Waals surface area contributed by atoms with Crippen LogP contribution in [0, 0.1) is 26.6 Å². The second kappa shape index (κ2) is 10.2. The number of halogens is 1. The van der Waals surface area contributed by atoms with E-state index in [0.717, 1.165) is 63.4 Å². The third-order valence-corrected chi connectivity index (χ3v) is 9.55. The van der Waals surface area contributed by atoms with Crippen molar-refractivity contribution >= 4 is 16.7 Å². The Bertz CT molecular complexity index is 1930. The van der Waals surface area contributed by atoms with E-state index in [-0.39, 0.29) is 23.1 Å². The minimum Gasteiger partial charge on any atom is -0.488 e. The molecule has 1 saturated carbocycles. The second-order valence-corrected chi connectivity index (χ2v) is 13.2. The number of nitrogens with zero attached hydrogens (tertiary/aromatic N) is 3. The number of aromatic nitrogens is 3. The van der Waals surface area contributed by atoms with Crippen LogP contribution >= 0.6 is 0 Å². The number of ether oxygens (including phenoxy) is 2. The van der Waals surface area contributed by atoms with Crippen LogP contribution in [-0.2, 0) is 22.4 Å². The average molecular weight is 592 g/mol. The van der Waals surface area contributed by atoms with Crippen LogP contribution in [-0.4, -0.2) is 26.7 Å². The molecule has 0 atom stereocenters. The number of fused-ring (bicyclic) bond motifs is 4. The molecule has 5 aromatic rings. The molecule has 1 fully saturated rings. The first-order chi connectivity index (χ1) is 21.0. The highest BCUT2D eigenvalue weighted by atomic mass is 19.1. The van der Waals surface area contributed by atoms with Gasteiger partial charge in [-0.3, -0.25) is 9.48 Å². The predicted octanol–water partition coefficient (Wildman–Crippen LogP) is 8.21. The molecule has 2 aliphatic rings. The van der Waals surface area contributed by atoms with E-state index in [2.05, 4.69) is 36.6 Å². The smallest absolute Gasteiger partial charge is 0.163 e. The van der Waals surface area contributed by atoms with Gasteiger partial charge in [0.15, 0.2) is 5.78 Å².